The summed E-state index contributed by atoms with van der Waals surface area (Å²) in [6.45, 7) is 6.26. The Morgan fingerprint density at radius 3 is 2.50 bits per heavy atom. The van der Waals surface area contributed by atoms with E-state index in [0.29, 0.717) is 19.6 Å². The molecule has 0 aromatic carbocycles. The third-order valence-electron chi connectivity index (χ3n) is 5.04. The predicted octanol–water partition coefficient (Wildman–Crippen LogP) is -0.546. The van der Waals surface area contributed by atoms with Crippen molar-refractivity contribution >= 4 is 19.9 Å². The average Bonchev–Trinajstić information content (AvgIpc) is 2.97. The lowest BCUT2D eigenvalue weighted by Gasteiger charge is -2.42. The van der Waals surface area contributed by atoms with Crippen LogP contribution in [0.4, 0.5) is 0 Å². The summed E-state index contributed by atoms with van der Waals surface area (Å²) in [6, 6.07) is -0.775. The highest BCUT2D eigenvalue weighted by atomic mass is 32.2. The summed E-state index contributed by atoms with van der Waals surface area (Å²) in [5, 5.41) is 4.33. The largest absolute Gasteiger partial charge is 0.292 e. The Labute approximate surface area is 143 Å². The molecule has 2 aliphatic rings. The molecular weight excluding hydrogens is 352 g/mol. The highest BCUT2D eigenvalue weighted by Gasteiger charge is 2.49. The molecule has 2 fully saturated rings. The van der Waals surface area contributed by atoms with Crippen LogP contribution >= 0.6 is 0 Å². The molecule has 3 heterocycles. The first kappa shape index (κ1) is 17.8. The number of aromatic nitrogens is 2. The maximum Gasteiger partial charge on any atom is 0.211 e. The predicted molar refractivity (Wildman–Crippen MR) is 90.8 cm³/mol. The summed E-state index contributed by atoms with van der Waals surface area (Å²) in [5.41, 5.74) is 2.13. The second-order valence-electron chi connectivity index (χ2n) is 6.63. The molecule has 0 aliphatic carbocycles. The fourth-order valence-corrected chi connectivity index (χ4v) is 7.01. The lowest BCUT2D eigenvalue weighted by atomic mass is 10.1. The number of sulfone groups is 1. The van der Waals surface area contributed by atoms with E-state index in [9.17, 15) is 16.8 Å². The van der Waals surface area contributed by atoms with Gasteiger partial charge in [0, 0.05) is 43.5 Å². The highest BCUT2D eigenvalue weighted by Crippen LogP contribution is 2.30. The Morgan fingerprint density at radius 2 is 1.92 bits per heavy atom. The summed E-state index contributed by atoms with van der Waals surface area (Å²) in [4.78, 5) is 2.10. The van der Waals surface area contributed by atoms with Gasteiger partial charge in [-0.25, -0.2) is 16.8 Å². The Morgan fingerprint density at radius 1 is 1.25 bits per heavy atom. The van der Waals surface area contributed by atoms with Crippen LogP contribution in [0.3, 0.4) is 0 Å². The maximum atomic E-state index is 12.1. The minimum Gasteiger partial charge on any atom is -0.292 e. The van der Waals surface area contributed by atoms with Crippen molar-refractivity contribution in [1.29, 1.82) is 0 Å². The van der Waals surface area contributed by atoms with Gasteiger partial charge in [0.1, 0.15) is 0 Å². The number of nitrogens with zero attached hydrogens (tertiary/aromatic N) is 4. The summed E-state index contributed by atoms with van der Waals surface area (Å²) >= 11 is 0. The van der Waals surface area contributed by atoms with Gasteiger partial charge in [0.2, 0.25) is 10.0 Å². The van der Waals surface area contributed by atoms with Crippen molar-refractivity contribution in [2.75, 3.05) is 30.9 Å². The van der Waals surface area contributed by atoms with E-state index in [1.165, 1.54) is 4.31 Å². The van der Waals surface area contributed by atoms with Gasteiger partial charge in [-0.1, -0.05) is 0 Å². The van der Waals surface area contributed by atoms with Gasteiger partial charge >= 0.3 is 0 Å². The number of hydrogen-bond acceptors (Lipinski definition) is 6. The Balaban J connectivity index is 1.87. The number of sulfonamides is 1. The van der Waals surface area contributed by atoms with Gasteiger partial charge in [-0.05, 0) is 13.8 Å². The second-order valence-corrected chi connectivity index (χ2v) is 10.7. The number of aryl methyl sites for hydroxylation is 1. The Kier molecular flexibility index (Phi) is 4.52. The molecule has 0 amide bonds. The van der Waals surface area contributed by atoms with Crippen LogP contribution in [0.1, 0.15) is 18.2 Å². The van der Waals surface area contributed by atoms with Crippen molar-refractivity contribution in [3.63, 3.8) is 0 Å². The number of piperazine rings is 1. The van der Waals surface area contributed by atoms with Crippen LogP contribution < -0.4 is 0 Å². The van der Waals surface area contributed by atoms with Crippen molar-refractivity contribution in [3.05, 3.63) is 17.5 Å². The average molecular weight is 377 g/mol. The molecule has 1 aromatic heterocycles. The van der Waals surface area contributed by atoms with Crippen LogP contribution in [0.25, 0.3) is 0 Å². The summed E-state index contributed by atoms with van der Waals surface area (Å²) < 4.78 is 51.5. The van der Waals surface area contributed by atoms with Gasteiger partial charge in [-0.15, -0.1) is 0 Å². The molecule has 0 bridgehead atoms. The lowest BCUT2D eigenvalue weighted by molar-refractivity contribution is 0.0893. The van der Waals surface area contributed by atoms with E-state index in [1.807, 2.05) is 24.7 Å². The van der Waals surface area contributed by atoms with Gasteiger partial charge in [0.25, 0.3) is 0 Å². The van der Waals surface area contributed by atoms with Crippen molar-refractivity contribution in [1.82, 2.24) is 19.0 Å². The summed E-state index contributed by atoms with van der Waals surface area (Å²) in [6.07, 6.45) is 2.97. The van der Waals surface area contributed by atoms with Crippen LogP contribution in [0.5, 0.6) is 0 Å². The van der Waals surface area contributed by atoms with E-state index in [0.717, 1.165) is 24.1 Å². The van der Waals surface area contributed by atoms with Crippen molar-refractivity contribution in [2.45, 2.75) is 39.0 Å². The van der Waals surface area contributed by atoms with E-state index >= 15 is 0 Å². The number of hydrogen-bond donors (Lipinski definition) is 0. The highest BCUT2D eigenvalue weighted by molar-refractivity contribution is 7.92. The molecule has 0 saturated carbocycles. The van der Waals surface area contributed by atoms with Crippen LogP contribution in [0.15, 0.2) is 6.20 Å². The zero-order chi connectivity index (χ0) is 17.7. The van der Waals surface area contributed by atoms with Crippen LogP contribution in [0.2, 0.25) is 0 Å². The SMILES string of the molecule is CCn1ncc(CN2CCN(S(C)(=O)=O)[C@H]3CS(=O)(=O)C[C@H]32)c1C. The Hall–Kier alpha value is -0.970. The van der Waals surface area contributed by atoms with E-state index < -0.39 is 25.9 Å². The molecule has 0 spiro atoms. The minimum absolute atomic E-state index is 0.0185. The van der Waals surface area contributed by atoms with Gasteiger partial charge in [0.15, 0.2) is 9.84 Å². The molecular formula is C14H24N4O4S2. The zero-order valence-corrected chi connectivity index (χ0v) is 15.8. The summed E-state index contributed by atoms with van der Waals surface area (Å²) in [5.74, 6) is -0.0703. The fraction of sp³-hybridized carbons (Fsp3) is 0.786. The standard InChI is InChI=1S/C14H24N4O4S2/c1-4-17-11(2)12(7-15-17)8-16-5-6-18(23(3,19)20)14-10-24(21,22)9-13(14)16/h7,13-14H,4-6,8-10H2,1-3H3/t13-,14+/m1/s1. The fourth-order valence-electron chi connectivity index (χ4n) is 3.78. The molecule has 2 atom stereocenters. The van der Waals surface area contributed by atoms with Crippen molar-refractivity contribution < 1.29 is 16.8 Å². The topological polar surface area (TPSA) is 92.6 Å². The molecule has 24 heavy (non-hydrogen) atoms. The molecule has 2 aliphatic heterocycles. The van der Waals surface area contributed by atoms with E-state index in [4.69, 9.17) is 0 Å². The molecule has 0 N–H and O–H groups in total. The normalized spacial score (nSPS) is 28.1. The van der Waals surface area contributed by atoms with Crippen LogP contribution in [-0.2, 0) is 33.0 Å². The van der Waals surface area contributed by atoms with E-state index in [-0.39, 0.29) is 17.5 Å². The smallest absolute Gasteiger partial charge is 0.211 e. The molecule has 8 nitrogen and oxygen atoms in total. The molecule has 10 heteroatoms. The minimum atomic E-state index is -3.41. The van der Waals surface area contributed by atoms with E-state index in [1.54, 1.807) is 0 Å². The first-order valence-electron chi connectivity index (χ1n) is 8.05. The zero-order valence-electron chi connectivity index (χ0n) is 14.2. The van der Waals surface area contributed by atoms with Gasteiger partial charge in [-0.3, -0.25) is 9.58 Å². The van der Waals surface area contributed by atoms with Crippen molar-refractivity contribution in [3.8, 4) is 0 Å². The monoisotopic (exact) mass is 376 g/mol. The van der Waals surface area contributed by atoms with Gasteiger partial charge in [0.05, 0.1) is 30.0 Å². The first-order chi connectivity index (χ1) is 11.1. The third-order valence-corrected chi connectivity index (χ3v) is 8.05. The molecule has 0 radical (unpaired) electrons. The lowest BCUT2D eigenvalue weighted by Crippen LogP contribution is -2.59. The first-order valence-corrected chi connectivity index (χ1v) is 11.7. The summed E-state index contributed by atoms with van der Waals surface area (Å²) in [7, 11) is -6.63. The third kappa shape index (κ3) is 3.24. The molecule has 136 valence electrons. The quantitative estimate of drug-likeness (QED) is 0.700. The molecule has 0 unspecified atom stereocenters. The van der Waals surface area contributed by atoms with Crippen LogP contribution in [-0.4, -0.2) is 78.8 Å². The molecule has 1 aromatic rings. The van der Waals surface area contributed by atoms with Gasteiger partial charge < -0.3 is 0 Å². The van der Waals surface area contributed by atoms with E-state index in [2.05, 4.69) is 10.00 Å². The number of fused-ring (bicyclic) bond motifs is 1. The Bertz CT molecular complexity index is 831. The molecule has 3 rings (SSSR count). The maximum absolute atomic E-state index is 12.1. The number of rotatable bonds is 4. The van der Waals surface area contributed by atoms with Gasteiger partial charge in [-0.2, -0.15) is 9.40 Å². The second kappa shape index (κ2) is 6.08. The van der Waals surface area contributed by atoms with Crippen molar-refractivity contribution in [2.24, 2.45) is 0 Å². The molecule has 2 saturated heterocycles. The van der Waals surface area contributed by atoms with Crippen LogP contribution in [0, 0.1) is 6.92 Å².